The lowest BCUT2D eigenvalue weighted by atomic mass is 10.1. The normalized spacial score (nSPS) is 12.4. The fourth-order valence-corrected chi connectivity index (χ4v) is 16.0. The van der Waals surface area contributed by atoms with Crippen LogP contribution in [0.15, 0.2) is 256 Å². The second-order valence-corrected chi connectivity index (χ2v) is 21.1. The Hall–Kier alpha value is -8.23. The average Bonchev–Trinajstić information content (AvgIpc) is 4.15. The van der Waals surface area contributed by atoms with E-state index in [-0.39, 0.29) is 0 Å². The fourth-order valence-electron chi connectivity index (χ4n) is 10.5. The molecule has 0 N–H and O–H groups in total. The first-order valence-corrected chi connectivity index (χ1v) is 25.0. The Bertz CT molecular complexity index is 4130. The SMILES string of the molecule is c1ccc(S(c2ccccc2)(c2ccc(-c3cc(-n4c5ccccc5c5ccccc54)nc(-n4c5ccccc5n5c6ccccc6nc45)c3)cc2)c2cccc3c2sc2ccccc23)cc1. The zero-order chi connectivity index (χ0) is 44.1. The van der Waals surface area contributed by atoms with Crippen LogP contribution in [0.1, 0.15) is 0 Å². The topological polar surface area (TPSA) is 40.0 Å². The molecular weight excluding hydrogens is 855 g/mol. The molecule has 316 valence electrons. The van der Waals surface area contributed by atoms with Crippen molar-refractivity contribution < 1.29 is 0 Å². The summed E-state index contributed by atoms with van der Waals surface area (Å²) in [7, 11) is -2.00. The Morgan fingerprint density at radius 2 is 0.881 bits per heavy atom. The number of benzene rings is 9. The molecule has 0 radical (unpaired) electrons. The van der Waals surface area contributed by atoms with E-state index in [0.717, 1.165) is 61.6 Å². The van der Waals surface area contributed by atoms with Gasteiger partial charge in [-0.25, -0.2) is 9.97 Å². The first kappa shape index (κ1) is 38.1. The van der Waals surface area contributed by atoms with Gasteiger partial charge in [-0.2, -0.15) is 0 Å². The van der Waals surface area contributed by atoms with Gasteiger partial charge >= 0.3 is 0 Å². The van der Waals surface area contributed by atoms with Crippen molar-refractivity contribution in [3.63, 3.8) is 0 Å². The Labute approximate surface area is 391 Å². The molecule has 0 spiro atoms. The minimum absolute atomic E-state index is 0.796. The van der Waals surface area contributed by atoms with Gasteiger partial charge in [0.25, 0.3) is 0 Å². The van der Waals surface area contributed by atoms with Crippen molar-refractivity contribution in [1.29, 1.82) is 0 Å². The van der Waals surface area contributed by atoms with Crippen LogP contribution in [0, 0.1) is 0 Å². The molecule has 0 bridgehead atoms. The van der Waals surface area contributed by atoms with Crippen LogP contribution in [0.25, 0.3) is 92.6 Å². The largest absolute Gasteiger partial charge is 0.294 e. The first-order valence-electron chi connectivity index (χ1n) is 22.6. The van der Waals surface area contributed by atoms with Gasteiger partial charge in [0.2, 0.25) is 5.78 Å². The summed E-state index contributed by atoms with van der Waals surface area (Å²) in [6, 6.07) is 86.3. The third kappa shape index (κ3) is 5.62. The molecule has 0 saturated heterocycles. The second-order valence-electron chi connectivity index (χ2n) is 17.0. The van der Waals surface area contributed by atoms with E-state index in [0.29, 0.717) is 0 Å². The maximum Gasteiger partial charge on any atom is 0.221 e. The van der Waals surface area contributed by atoms with E-state index in [2.05, 4.69) is 250 Å². The minimum Gasteiger partial charge on any atom is -0.294 e. The molecule has 0 saturated carbocycles. The number of hydrogen-bond acceptors (Lipinski definition) is 3. The Morgan fingerprint density at radius 3 is 1.57 bits per heavy atom. The Balaban J connectivity index is 1.04. The monoisotopic (exact) mass is 893 g/mol. The molecule has 7 heteroatoms. The molecule has 14 rings (SSSR count). The highest BCUT2D eigenvalue weighted by molar-refractivity contribution is 8.34. The highest BCUT2D eigenvalue weighted by Gasteiger charge is 2.35. The molecule has 0 aliphatic rings. The zero-order valence-corrected chi connectivity index (χ0v) is 37.7. The minimum atomic E-state index is -2.00. The third-order valence-corrected chi connectivity index (χ3v) is 18.7. The molecule has 5 aromatic heterocycles. The van der Waals surface area contributed by atoms with Crippen molar-refractivity contribution in [2.75, 3.05) is 0 Å². The zero-order valence-electron chi connectivity index (χ0n) is 36.1. The summed E-state index contributed by atoms with van der Waals surface area (Å²) < 4.78 is 9.46. The van der Waals surface area contributed by atoms with Gasteiger partial charge in [-0.1, -0.05) is 140 Å². The predicted molar refractivity (Wildman–Crippen MR) is 280 cm³/mol. The third-order valence-electron chi connectivity index (χ3n) is 13.4. The number of aromatic nitrogens is 5. The fraction of sp³-hybridized carbons (Fsp3) is 0. The first-order chi connectivity index (χ1) is 33.2. The van der Waals surface area contributed by atoms with Crippen LogP contribution in [-0.4, -0.2) is 23.5 Å². The maximum absolute atomic E-state index is 5.62. The van der Waals surface area contributed by atoms with Crippen LogP contribution >= 0.6 is 21.4 Å². The highest BCUT2D eigenvalue weighted by Crippen LogP contribution is 2.75. The summed E-state index contributed by atoms with van der Waals surface area (Å²) in [4.78, 5) is 16.1. The van der Waals surface area contributed by atoms with Crippen LogP contribution in [0.5, 0.6) is 0 Å². The molecule has 9 aromatic carbocycles. The van der Waals surface area contributed by atoms with Crippen LogP contribution in [0.4, 0.5) is 0 Å². The van der Waals surface area contributed by atoms with Crippen molar-refractivity contribution in [3.8, 4) is 22.8 Å². The molecule has 5 nitrogen and oxygen atoms in total. The summed E-state index contributed by atoms with van der Waals surface area (Å²) in [5, 5.41) is 4.99. The van der Waals surface area contributed by atoms with E-state index in [9.17, 15) is 0 Å². The maximum atomic E-state index is 5.62. The quantitative estimate of drug-likeness (QED) is 0.160. The molecule has 0 atom stereocenters. The average molecular weight is 894 g/mol. The summed E-state index contributed by atoms with van der Waals surface area (Å²) in [5.74, 6) is 2.46. The van der Waals surface area contributed by atoms with Crippen molar-refractivity contribution in [3.05, 3.63) is 237 Å². The molecule has 0 unspecified atom stereocenters. The van der Waals surface area contributed by atoms with Gasteiger partial charge in [-0.05, 0) is 108 Å². The summed E-state index contributed by atoms with van der Waals surface area (Å²) in [6.45, 7) is 0. The predicted octanol–water partition coefficient (Wildman–Crippen LogP) is 16.3. The van der Waals surface area contributed by atoms with Crippen molar-refractivity contribution in [1.82, 2.24) is 23.5 Å². The van der Waals surface area contributed by atoms with E-state index < -0.39 is 10.0 Å². The van der Waals surface area contributed by atoms with Crippen LogP contribution in [0.2, 0.25) is 0 Å². The van der Waals surface area contributed by atoms with Gasteiger partial charge in [-0.15, -0.1) is 21.4 Å². The van der Waals surface area contributed by atoms with Crippen LogP contribution < -0.4 is 0 Å². The van der Waals surface area contributed by atoms with Crippen molar-refractivity contribution >= 4 is 91.2 Å². The number of fused-ring (bicyclic) bond motifs is 11. The summed E-state index contributed by atoms with van der Waals surface area (Å²) >= 11 is 1.91. The molecule has 14 aromatic rings. The molecule has 5 heterocycles. The van der Waals surface area contributed by atoms with Gasteiger partial charge in [-0.3, -0.25) is 13.5 Å². The number of pyridine rings is 1. The molecule has 0 amide bonds. The Kier molecular flexibility index (Phi) is 8.47. The molecule has 0 aliphatic carbocycles. The van der Waals surface area contributed by atoms with Gasteiger partial charge in [0.1, 0.15) is 11.6 Å². The van der Waals surface area contributed by atoms with Crippen molar-refractivity contribution in [2.45, 2.75) is 19.6 Å². The van der Waals surface area contributed by atoms with Crippen LogP contribution in [-0.2, 0) is 0 Å². The molecule has 67 heavy (non-hydrogen) atoms. The summed E-state index contributed by atoms with van der Waals surface area (Å²) in [5.41, 5.74) is 8.51. The lowest BCUT2D eigenvalue weighted by Gasteiger charge is -2.42. The Morgan fingerprint density at radius 1 is 0.358 bits per heavy atom. The van der Waals surface area contributed by atoms with E-state index in [1.165, 1.54) is 50.5 Å². The van der Waals surface area contributed by atoms with Gasteiger partial charge in [0, 0.05) is 50.5 Å². The van der Waals surface area contributed by atoms with Gasteiger partial charge in [0.15, 0.2) is 0 Å². The smallest absolute Gasteiger partial charge is 0.221 e. The number of thiophene rings is 1. The second kappa shape index (κ2) is 14.9. The van der Waals surface area contributed by atoms with E-state index in [4.69, 9.17) is 9.97 Å². The van der Waals surface area contributed by atoms with Gasteiger partial charge < -0.3 is 0 Å². The highest BCUT2D eigenvalue weighted by atomic mass is 32.3. The standard InChI is InChI=1S/C60H39N5S2/c1-3-18-42(19-4-1)67(43-20-5-2-6-21-43,56-33-17-25-48-47-24-9-16-32-55(47)66-59(48)56)44-36-34-40(35-37-44)41-38-57(63-50-27-11-7-22-45(50)46-23-8-12-28-51(46)63)62-58(39-41)65-54-31-15-14-30-53(54)64-52-29-13-10-26-49(52)61-60(64)65/h1-39H. The number of nitrogens with zero attached hydrogens (tertiary/aromatic N) is 5. The van der Waals surface area contributed by atoms with E-state index >= 15 is 0 Å². The van der Waals surface area contributed by atoms with Gasteiger partial charge in [0.05, 0.1) is 33.1 Å². The molecular formula is C60H39N5S2. The number of para-hydroxylation sites is 6. The van der Waals surface area contributed by atoms with Crippen molar-refractivity contribution in [2.24, 2.45) is 0 Å². The van der Waals surface area contributed by atoms with E-state index in [1.54, 1.807) is 0 Å². The molecule has 0 fully saturated rings. The molecule has 0 aliphatic heterocycles. The number of imidazole rings is 2. The summed E-state index contributed by atoms with van der Waals surface area (Å²) in [6.07, 6.45) is 0. The number of hydrogen-bond donors (Lipinski definition) is 0. The van der Waals surface area contributed by atoms with E-state index in [1.807, 2.05) is 11.3 Å². The van der Waals surface area contributed by atoms with Crippen LogP contribution in [0.3, 0.4) is 0 Å². The lowest BCUT2D eigenvalue weighted by molar-refractivity contribution is 0.996. The number of rotatable bonds is 7. The lowest BCUT2D eigenvalue weighted by Crippen LogP contribution is -2.06.